The molecule has 1 aliphatic rings. The van der Waals surface area contributed by atoms with Gasteiger partial charge in [0.15, 0.2) is 0 Å². The third-order valence-electron chi connectivity index (χ3n) is 3.52. The minimum Gasteiger partial charge on any atom is -0.369 e. The van der Waals surface area contributed by atoms with E-state index in [1.165, 1.54) is 22.1 Å². The van der Waals surface area contributed by atoms with Crippen LogP contribution in [-0.4, -0.2) is 25.7 Å². The zero-order chi connectivity index (χ0) is 11.8. The van der Waals surface area contributed by atoms with Crippen LogP contribution in [0.2, 0.25) is 0 Å². The second-order valence-corrected chi connectivity index (χ2v) is 5.79. The Labute approximate surface area is 106 Å². The highest BCUT2D eigenvalue weighted by Gasteiger charge is 2.32. The summed E-state index contributed by atoms with van der Waals surface area (Å²) < 4.78 is 1.20. The molecule has 88 valence electrons. The molecule has 0 amide bonds. The molecule has 0 aromatic heterocycles. The van der Waals surface area contributed by atoms with Gasteiger partial charge in [-0.15, -0.1) is 0 Å². The van der Waals surface area contributed by atoms with Crippen molar-refractivity contribution in [1.82, 2.24) is 5.32 Å². The molecule has 0 aliphatic carbocycles. The quantitative estimate of drug-likeness (QED) is 0.897. The molecule has 2 rings (SSSR count). The van der Waals surface area contributed by atoms with E-state index in [1.807, 2.05) is 7.05 Å². The SMILES string of the molecule is CNC1(C)CCN(c2ccc(C)cc2Br)C1. The Morgan fingerprint density at radius 1 is 1.44 bits per heavy atom. The summed E-state index contributed by atoms with van der Waals surface area (Å²) >= 11 is 3.65. The average molecular weight is 283 g/mol. The van der Waals surface area contributed by atoms with E-state index in [4.69, 9.17) is 0 Å². The highest BCUT2D eigenvalue weighted by atomic mass is 79.9. The van der Waals surface area contributed by atoms with Gasteiger partial charge in [-0.05, 0) is 60.9 Å². The van der Waals surface area contributed by atoms with Crippen LogP contribution in [0.15, 0.2) is 22.7 Å². The average Bonchev–Trinajstić information content (AvgIpc) is 2.62. The predicted molar refractivity (Wildman–Crippen MR) is 73.2 cm³/mol. The lowest BCUT2D eigenvalue weighted by Crippen LogP contribution is -2.42. The molecule has 0 radical (unpaired) electrons. The van der Waals surface area contributed by atoms with Crippen LogP contribution in [0.4, 0.5) is 5.69 Å². The third kappa shape index (κ3) is 2.25. The first-order valence-corrected chi connectivity index (χ1v) is 6.53. The Hall–Kier alpha value is -0.540. The predicted octanol–water partition coefficient (Wildman–Crippen LogP) is 2.95. The van der Waals surface area contributed by atoms with Gasteiger partial charge >= 0.3 is 0 Å². The van der Waals surface area contributed by atoms with Crippen LogP contribution in [0.25, 0.3) is 0 Å². The minimum atomic E-state index is 0.254. The number of aryl methyl sites for hydroxylation is 1. The second kappa shape index (κ2) is 4.38. The number of halogens is 1. The number of anilines is 1. The van der Waals surface area contributed by atoms with Gasteiger partial charge in [-0.2, -0.15) is 0 Å². The van der Waals surface area contributed by atoms with E-state index in [0.717, 1.165) is 13.1 Å². The van der Waals surface area contributed by atoms with Crippen LogP contribution >= 0.6 is 15.9 Å². The highest BCUT2D eigenvalue weighted by Crippen LogP contribution is 2.32. The first kappa shape index (κ1) is 11.9. The second-order valence-electron chi connectivity index (χ2n) is 4.94. The van der Waals surface area contributed by atoms with E-state index < -0.39 is 0 Å². The lowest BCUT2D eigenvalue weighted by Gasteiger charge is -2.25. The van der Waals surface area contributed by atoms with Gasteiger partial charge in [0.1, 0.15) is 0 Å². The zero-order valence-corrected chi connectivity index (χ0v) is 11.8. The molecule has 1 aliphatic heterocycles. The molecule has 1 heterocycles. The van der Waals surface area contributed by atoms with Crippen LogP contribution in [-0.2, 0) is 0 Å². The van der Waals surface area contributed by atoms with Gasteiger partial charge in [0, 0.05) is 23.1 Å². The number of nitrogens with zero attached hydrogens (tertiary/aromatic N) is 1. The van der Waals surface area contributed by atoms with Crippen molar-refractivity contribution in [3.8, 4) is 0 Å². The normalized spacial score (nSPS) is 25.1. The Balaban J connectivity index is 2.21. The van der Waals surface area contributed by atoms with Crippen LogP contribution in [0, 0.1) is 6.92 Å². The van der Waals surface area contributed by atoms with Crippen molar-refractivity contribution in [2.45, 2.75) is 25.8 Å². The van der Waals surface area contributed by atoms with Crippen molar-refractivity contribution >= 4 is 21.6 Å². The van der Waals surface area contributed by atoms with E-state index in [1.54, 1.807) is 0 Å². The van der Waals surface area contributed by atoms with Gasteiger partial charge in [-0.1, -0.05) is 6.07 Å². The van der Waals surface area contributed by atoms with Crippen LogP contribution in [0.1, 0.15) is 18.9 Å². The number of hydrogen-bond donors (Lipinski definition) is 1. The Morgan fingerprint density at radius 3 is 2.75 bits per heavy atom. The molecule has 1 fully saturated rings. The Bertz CT molecular complexity index is 392. The summed E-state index contributed by atoms with van der Waals surface area (Å²) in [5, 5.41) is 3.41. The molecule has 1 unspecified atom stereocenters. The Kier molecular flexibility index (Phi) is 3.27. The summed E-state index contributed by atoms with van der Waals surface area (Å²) in [4.78, 5) is 2.44. The van der Waals surface area contributed by atoms with Gasteiger partial charge in [0.05, 0.1) is 5.69 Å². The summed E-state index contributed by atoms with van der Waals surface area (Å²) in [6, 6.07) is 6.57. The maximum Gasteiger partial charge on any atom is 0.0511 e. The first-order valence-electron chi connectivity index (χ1n) is 5.74. The summed E-state index contributed by atoms with van der Waals surface area (Å²) in [5.74, 6) is 0. The van der Waals surface area contributed by atoms with Crippen molar-refractivity contribution in [3.63, 3.8) is 0 Å². The molecule has 16 heavy (non-hydrogen) atoms. The molecule has 2 nitrogen and oxygen atoms in total. The molecule has 1 N–H and O–H groups in total. The molecular weight excluding hydrogens is 264 g/mol. The van der Waals surface area contributed by atoms with Gasteiger partial charge in [-0.25, -0.2) is 0 Å². The van der Waals surface area contributed by atoms with Crippen molar-refractivity contribution in [2.24, 2.45) is 0 Å². The smallest absolute Gasteiger partial charge is 0.0511 e. The van der Waals surface area contributed by atoms with E-state index in [-0.39, 0.29) is 5.54 Å². The molecule has 1 atom stereocenters. The number of rotatable bonds is 2. The number of nitrogens with one attached hydrogen (secondary N) is 1. The molecule has 0 saturated carbocycles. The van der Waals surface area contributed by atoms with Gasteiger partial charge in [-0.3, -0.25) is 0 Å². The first-order chi connectivity index (χ1) is 7.54. The van der Waals surface area contributed by atoms with E-state index in [0.29, 0.717) is 0 Å². The van der Waals surface area contributed by atoms with E-state index in [2.05, 4.69) is 58.2 Å². The maximum atomic E-state index is 3.65. The molecule has 1 aromatic carbocycles. The maximum absolute atomic E-state index is 3.65. The van der Waals surface area contributed by atoms with E-state index >= 15 is 0 Å². The molecule has 0 spiro atoms. The van der Waals surface area contributed by atoms with Crippen LogP contribution in [0.3, 0.4) is 0 Å². The largest absolute Gasteiger partial charge is 0.369 e. The lowest BCUT2D eigenvalue weighted by molar-refractivity contribution is 0.428. The summed E-state index contributed by atoms with van der Waals surface area (Å²) in [6.45, 7) is 6.61. The minimum absolute atomic E-state index is 0.254. The fourth-order valence-electron chi connectivity index (χ4n) is 2.24. The van der Waals surface area contributed by atoms with Gasteiger partial charge in [0.2, 0.25) is 0 Å². The lowest BCUT2D eigenvalue weighted by atomic mass is 10.0. The highest BCUT2D eigenvalue weighted by molar-refractivity contribution is 9.10. The van der Waals surface area contributed by atoms with Crippen LogP contribution in [0.5, 0.6) is 0 Å². The number of hydrogen-bond acceptors (Lipinski definition) is 2. The number of benzene rings is 1. The molecule has 1 aromatic rings. The molecule has 0 bridgehead atoms. The Morgan fingerprint density at radius 2 is 2.19 bits per heavy atom. The fourth-order valence-corrected chi connectivity index (χ4v) is 2.98. The standard InChI is InChI=1S/C13H19BrN2/c1-10-4-5-12(11(14)8-10)16-7-6-13(2,9-16)15-3/h4-5,8,15H,6-7,9H2,1-3H3. The third-order valence-corrected chi connectivity index (χ3v) is 4.16. The molecular formula is C13H19BrN2. The van der Waals surface area contributed by atoms with Crippen LogP contribution < -0.4 is 10.2 Å². The fraction of sp³-hybridized carbons (Fsp3) is 0.538. The monoisotopic (exact) mass is 282 g/mol. The van der Waals surface area contributed by atoms with E-state index in [9.17, 15) is 0 Å². The number of likely N-dealkylation sites (N-methyl/N-ethyl adjacent to an activating group) is 1. The van der Waals surface area contributed by atoms with Crippen molar-refractivity contribution in [2.75, 3.05) is 25.0 Å². The topological polar surface area (TPSA) is 15.3 Å². The van der Waals surface area contributed by atoms with Gasteiger partial charge in [0.25, 0.3) is 0 Å². The van der Waals surface area contributed by atoms with Crippen molar-refractivity contribution < 1.29 is 0 Å². The molecule has 3 heteroatoms. The van der Waals surface area contributed by atoms with Gasteiger partial charge < -0.3 is 10.2 Å². The summed E-state index contributed by atoms with van der Waals surface area (Å²) in [6.07, 6.45) is 1.20. The van der Waals surface area contributed by atoms with Crippen molar-refractivity contribution in [1.29, 1.82) is 0 Å². The summed E-state index contributed by atoms with van der Waals surface area (Å²) in [7, 11) is 2.05. The summed E-state index contributed by atoms with van der Waals surface area (Å²) in [5.41, 5.74) is 2.86. The zero-order valence-electron chi connectivity index (χ0n) is 10.2. The molecule has 1 saturated heterocycles. The van der Waals surface area contributed by atoms with Crippen molar-refractivity contribution in [3.05, 3.63) is 28.2 Å².